The maximum absolute atomic E-state index is 5.97. The van der Waals surface area contributed by atoms with Crippen molar-refractivity contribution in [3.05, 3.63) is 0 Å². The monoisotopic (exact) mass is 326 g/mol. The summed E-state index contributed by atoms with van der Waals surface area (Å²) in [7, 11) is 0. The third-order valence-corrected chi connectivity index (χ3v) is 4.24. The highest BCUT2D eigenvalue weighted by Crippen LogP contribution is 2.38. The predicted octanol–water partition coefficient (Wildman–Crippen LogP) is 6.31. The van der Waals surface area contributed by atoms with E-state index >= 15 is 0 Å². The van der Waals surface area contributed by atoms with E-state index in [2.05, 4.69) is 44.8 Å². The Morgan fingerprint density at radius 3 is 1.96 bits per heavy atom. The molecule has 0 saturated heterocycles. The van der Waals surface area contributed by atoms with Crippen molar-refractivity contribution in [3.8, 4) is 0 Å². The molecule has 0 N–H and O–H groups in total. The summed E-state index contributed by atoms with van der Waals surface area (Å²) in [6.45, 7) is 16.9. The molecule has 0 aromatic carbocycles. The summed E-state index contributed by atoms with van der Waals surface area (Å²) in [6.07, 6.45) is 6.98. The molecule has 1 aliphatic rings. The molecular formula is C19H38N2O2. The van der Waals surface area contributed by atoms with Gasteiger partial charge in [-0.2, -0.15) is 10.2 Å². The Hall–Kier alpha value is -0.480. The first-order valence-electron chi connectivity index (χ1n) is 9.22. The van der Waals surface area contributed by atoms with Gasteiger partial charge in [0.1, 0.15) is 0 Å². The first-order chi connectivity index (χ1) is 10.4. The highest BCUT2D eigenvalue weighted by atomic mass is 17.2. The molecule has 23 heavy (non-hydrogen) atoms. The fourth-order valence-electron chi connectivity index (χ4n) is 3.54. The van der Waals surface area contributed by atoms with E-state index in [9.17, 15) is 0 Å². The summed E-state index contributed by atoms with van der Waals surface area (Å²) < 4.78 is 0. The summed E-state index contributed by atoms with van der Waals surface area (Å²) in [4.78, 5) is 11.9. The van der Waals surface area contributed by atoms with Gasteiger partial charge in [-0.05, 0) is 59.3 Å². The molecule has 1 aliphatic carbocycles. The van der Waals surface area contributed by atoms with Crippen LogP contribution in [0.3, 0.4) is 0 Å². The average Bonchev–Trinajstić information content (AvgIpc) is 2.41. The second-order valence-corrected chi connectivity index (χ2v) is 9.36. The van der Waals surface area contributed by atoms with E-state index in [-0.39, 0.29) is 17.1 Å². The van der Waals surface area contributed by atoms with Crippen LogP contribution in [-0.4, -0.2) is 17.4 Å². The molecule has 0 aromatic rings. The van der Waals surface area contributed by atoms with Crippen LogP contribution in [0.2, 0.25) is 0 Å². The van der Waals surface area contributed by atoms with E-state index in [1.54, 1.807) is 0 Å². The summed E-state index contributed by atoms with van der Waals surface area (Å²) in [6, 6.07) is 0.170. The van der Waals surface area contributed by atoms with Gasteiger partial charge in [-0.3, -0.25) is 0 Å². The normalized spacial score (nSPS) is 21.1. The van der Waals surface area contributed by atoms with Gasteiger partial charge in [0.15, 0.2) is 0 Å². The minimum absolute atomic E-state index is 0.170. The van der Waals surface area contributed by atoms with Crippen molar-refractivity contribution < 1.29 is 9.78 Å². The zero-order valence-electron chi connectivity index (χ0n) is 16.6. The van der Waals surface area contributed by atoms with Crippen LogP contribution in [0.25, 0.3) is 0 Å². The van der Waals surface area contributed by atoms with Gasteiger partial charge in [-0.1, -0.05) is 40.0 Å². The van der Waals surface area contributed by atoms with Crippen molar-refractivity contribution in [1.29, 1.82) is 0 Å². The molecule has 0 amide bonds. The lowest BCUT2D eigenvalue weighted by Gasteiger charge is -2.38. The van der Waals surface area contributed by atoms with E-state index in [4.69, 9.17) is 9.78 Å². The van der Waals surface area contributed by atoms with Crippen LogP contribution >= 0.6 is 0 Å². The first kappa shape index (κ1) is 20.6. The van der Waals surface area contributed by atoms with Crippen LogP contribution in [0.15, 0.2) is 10.2 Å². The van der Waals surface area contributed by atoms with Gasteiger partial charge in [-0.15, -0.1) is 0 Å². The maximum Gasteiger partial charge on any atom is 0.212 e. The third-order valence-electron chi connectivity index (χ3n) is 4.24. The lowest BCUT2D eigenvalue weighted by atomic mass is 9.82. The fraction of sp³-hybridized carbons (Fsp3) is 1.00. The molecule has 1 unspecified atom stereocenters. The number of azo groups is 1. The highest BCUT2D eigenvalue weighted by Gasteiger charge is 2.40. The summed E-state index contributed by atoms with van der Waals surface area (Å²) >= 11 is 0. The Morgan fingerprint density at radius 2 is 1.48 bits per heavy atom. The zero-order valence-corrected chi connectivity index (χ0v) is 16.6. The smallest absolute Gasteiger partial charge is 0.212 e. The van der Waals surface area contributed by atoms with E-state index in [1.807, 2.05) is 20.8 Å². The van der Waals surface area contributed by atoms with E-state index in [1.165, 1.54) is 19.3 Å². The van der Waals surface area contributed by atoms with Crippen LogP contribution in [0.5, 0.6) is 0 Å². The van der Waals surface area contributed by atoms with Gasteiger partial charge < -0.3 is 0 Å². The summed E-state index contributed by atoms with van der Waals surface area (Å²) in [5.74, 6) is 0.379. The second-order valence-electron chi connectivity index (χ2n) is 9.36. The number of rotatable bonds is 7. The highest BCUT2D eigenvalue weighted by molar-refractivity contribution is 4.83. The van der Waals surface area contributed by atoms with Crippen molar-refractivity contribution in [2.75, 3.05) is 0 Å². The predicted molar refractivity (Wildman–Crippen MR) is 95.3 cm³/mol. The number of hydrogen-bond acceptors (Lipinski definition) is 4. The third kappa shape index (κ3) is 7.75. The van der Waals surface area contributed by atoms with Crippen LogP contribution in [0.1, 0.15) is 93.9 Å². The first-order valence-corrected chi connectivity index (χ1v) is 9.22. The molecule has 4 nitrogen and oxygen atoms in total. The molecule has 0 aliphatic heterocycles. The van der Waals surface area contributed by atoms with E-state index < -0.39 is 5.72 Å². The summed E-state index contributed by atoms with van der Waals surface area (Å²) in [5, 5.41) is 8.92. The molecule has 1 saturated carbocycles. The molecule has 136 valence electrons. The van der Waals surface area contributed by atoms with Gasteiger partial charge in [0.2, 0.25) is 5.72 Å². The van der Waals surface area contributed by atoms with Crippen molar-refractivity contribution in [2.45, 2.75) is 111 Å². The molecule has 0 heterocycles. The Labute approximate surface area is 143 Å². The Morgan fingerprint density at radius 1 is 0.913 bits per heavy atom. The van der Waals surface area contributed by atoms with Crippen LogP contribution in [-0.2, 0) is 9.78 Å². The topological polar surface area (TPSA) is 43.2 Å². The molecule has 0 spiro atoms. The minimum Gasteiger partial charge on any atom is -0.228 e. The lowest BCUT2D eigenvalue weighted by Crippen LogP contribution is -2.41. The van der Waals surface area contributed by atoms with Crippen molar-refractivity contribution in [2.24, 2.45) is 21.6 Å². The zero-order chi connectivity index (χ0) is 17.7. The van der Waals surface area contributed by atoms with Gasteiger partial charge >= 0.3 is 0 Å². The molecule has 0 radical (unpaired) electrons. The van der Waals surface area contributed by atoms with Crippen molar-refractivity contribution >= 4 is 0 Å². The second kappa shape index (κ2) is 8.06. The number of nitrogens with zero attached hydrogens (tertiary/aromatic N) is 2. The van der Waals surface area contributed by atoms with Crippen LogP contribution in [0, 0.1) is 11.3 Å². The minimum atomic E-state index is -0.681. The Balaban J connectivity index is 2.80. The Bertz CT molecular complexity index is 379. The van der Waals surface area contributed by atoms with Gasteiger partial charge in [-0.25, -0.2) is 9.78 Å². The maximum atomic E-state index is 5.97. The van der Waals surface area contributed by atoms with Gasteiger partial charge in [0, 0.05) is 5.92 Å². The summed E-state index contributed by atoms with van der Waals surface area (Å²) in [5.41, 5.74) is -0.838. The molecule has 1 rings (SSSR count). The lowest BCUT2D eigenvalue weighted by molar-refractivity contribution is -0.417. The molecule has 1 atom stereocenters. The largest absolute Gasteiger partial charge is 0.228 e. The average molecular weight is 327 g/mol. The molecule has 0 bridgehead atoms. The SMILES string of the molecule is CC(C)/N=N/C(C)(OOC(C)(C)CC(C)(C)C)C1CCCCC1. The van der Waals surface area contributed by atoms with Gasteiger partial charge in [0.05, 0.1) is 11.6 Å². The quantitative estimate of drug-likeness (QED) is 0.313. The van der Waals surface area contributed by atoms with E-state index in [0.29, 0.717) is 5.92 Å². The number of hydrogen-bond donors (Lipinski definition) is 0. The van der Waals surface area contributed by atoms with Crippen LogP contribution < -0.4 is 0 Å². The standard InChI is InChI=1S/C19H38N2O2/c1-15(2)20-21-19(8,16-12-10-9-11-13-16)23-22-18(6,7)14-17(3,4)5/h15-16H,9-14H2,1-8H3/b21-20+. The van der Waals surface area contributed by atoms with E-state index in [0.717, 1.165) is 19.3 Å². The molecule has 4 heteroatoms. The fourth-order valence-corrected chi connectivity index (χ4v) is 3.54. The molecule has 1 fully saturated rings. The van der Waals surface area contributed by atoms with Crippen molar-refractivity contribution in [3.63, 3.8) is 0 Å². The molecular weight excluding hydrogens is 288 g/mol. The Kier molecular flexibility index (Phi) is 7.21. The van der Waals surface area contributed by atoms with Gasteiger partial charge in [0.25, 0.3) is 0 Å². The molecule has 0 aromatic heterocycles. The van der Waals surface area contributed by atoms with Crippen LogP contribution in [0.4, 0.5) is 0 Å². The van der Waals surface area contributed by atoms with Crippen molar-refractivity contribution in [1.82, 2.24) is 0 Å².